The molecule has 1 N–H and O–H groups in total. The van der Waals surface area contributed by atoms with E-state index in [1.807, 2.05) is 84.4 Å². The van der Waals surface area contributed by atoms with Crippen molar-refractivity contribution in [1.29, 1.82) is 0 Å². The minimum atomic E-state index is -0.0632. The summed E-state index contributed by atoms with van der Waals surface area (Å²) in [6, 6.07) is 26.3. The predicted octanol–water partition coefficient (Wildman–Crippen LogP) is 5.40. The fourth-order valence-electron chi connectivity index (χ4n) is 3.15. The Morgan fingerprint density at radius 2 is 1.63 bits per heavy atom. The first-order valence-electron chi connectivity index (χ1n) is 9.83. The van der Waals surface area contributed by atoms with Gasteiger partial charge in [0.25, 0.3) is 5.91 Å². The SMILES string of the molecule is Cc1nccn1-c1ccc(CNC(=O)c2ccc(CSc3ccccc3)cc2)cc1. The first kappa shape index (κ1) is 20.0. The molecule has 150 valence electrons. The summed E-state index contributed by atoms with van der Waals surface area (Å²) in [4.78, 5) is 18.0. The first-order chi connectivity index (χ1) is 14.7. The van der Waals surface area contributed by atoms with Crippen LogP contribution in [0.4, 0.5) is 0 Å². The van der Waals surface area contributed by atoms with Crippen LogP contribution in [-0.4, -0.2) is 15.5 Å². The summed E-state index contributed by atoms with van der Waals surface area (Å²) in [5.41, 5.74) is 3.99. The van der Waals surface area contributed by atoms with Crippen LogP contribution in [0.25, 0.3) is 5.69 Å². The Labute approximate surface area is 181 Å². The lowest BCUT2D eigenvalue weighted by Crippen LogP contribution is -2.22. The number of carbonyl (C=O) groups excluding carboxylic acids is 1. The molecule has 0 bridgehead atoms. The maximum Gasteiger partial charge on any atom is 0.251 e. The average Bonchev–Trinajstić information content (AvgIpc) is 3.23. The summed E-state index contributed by atoms with van der Waals surface area (Å²) < 4.78 is 2.03. The van der Waals surface area contributed by atoms with Gasteiger partial charge in [-0.15, -0.1) is 11.8 Å². The number of aromatic nitrogens is 2. The zero-order chi connectivity index (χ0) is 20.8. The van der Waals surface area contributed by atoms with Gasteiger partial charge in [0.05, 0.1) is 0 Å². The summed E-state index contributed by atoms with van der Waals surface area (Å²) in [5, 5.41) is 2.99. The van der Waals surface area contributed by atoms with Crippen LogP contribution in [0.2, 0.25) is 0 Å². The van der Waals surface area contributed by atoms with E-state index in [4.69, 9.17) is 0 Å². The highest BCUT2D eigenvalue weighted by atomic mass is 32.2. The van der Waals surface area contributed by atoms with Gasteiger partial charge in [-0.2, -0.15) is 0 Å². The average molecular weight is 414 g/mol. The number of hydrogen-bond donors (Lipinski definition) is 1. The van der Waals surface area contributed by atoms with Gasteiger partial charge in [-0.1, -0.05) is 42.5 Å². The molecule has 0 spiro atoms. The molecule has 4 nitrogen and oxygen atoms in total. The Kier molecular flexibility index (Phi) is 6.30. The third-order valence-electron chi connectivity index (χ3n) is 4.86. The molecule has 4 rings (SSSR count). The molecule has 0 radical (unpaired) electrons. The molecular weight excluding hydrogens is 390 g/mol. The summed E-state index contributed by atoms with van der Waals surface area (Å²) in [7, 11) is 0. The summed E-state index contributed by atoms with van der Waals surface area (Å²) in [6.07, 6.45) is 3.73. The second-order valence-corrected chi connectivity index (χ2v) is 8.04. The molecule has 0 atom stereocenters. The summed E-state index contributed by atoms with van der Waals surface area (Å²) >= 11 is 1.79. The van der Waals surface area contributed by atoms with E-state index >= 15 is 0 Å². The lowest BCUT2D eigenvalue weighted by molar-refractivity contribution is 0.0951. The molecule has 4 aromatic rings. The van der Waals surface area contributed by atoms with Gasteiger partial charge >= 0.3 is 0 Å². The Morgan fingerprint density at radius 3 is 2.30 bits per heavy atom. The molecule has 5 heteroatoms. The lowest BCUT2D eigenvalue weighted by Gasteiger charge is -2.09. The summed E-state index contributed by atoms with van der Waals surface area (Å²) in [6.45, 7) is 2.47. The van der Waals surface area contributed by atoms with E-state index < -0.39 is 0 Å². The van der Waals surface area contributed by atoms with Crippen molar-refractivity contribution in [3.05, 3.63) is 114 Å². The number of rotatable bonds is 7. The van der Waals surface area contributed by atoms with Crippen molar-refractivity contribution in [2.45, 2.75) is 24.1 Å². The third kappa shape index (κ3) is 4.99. The molecule has 1 heterocycles. The van der Waals surface area contributed by atoms with Crippen LogP contribution in [0, 0.1) is 6.92 Å². The third-order valence-corrected chi connectivity index (χ3v) is 5.94. The number of benzene rings is 3. The molecule has 1 aromatic heterocycles. The van der Waals surface area contributed by atoms with Gasteiger partial charge in [-0.05, 0) is 54.4 Å². The van der Waals surface area contributed by atoms with E-state index in [1.54, 1.807) is 18.0 Å². The first-order valence-corrected chi connectivity index (χ1v) is 10.8. The van der Waals surface area contributed by atoms with Crippen molar-refractivity contribution in [2.75, 3.05) is 0 Å². The zero-order valence-electron chi connectivity index (χ0n) is 16.8. The normalized spacial score (nSPS) is 10.7. The van der Waals surface area contributed by atoms with Gasteiger partial charge in [0, 0.05) is 40.8 Å². The van der Waals surface area contributed by atoms with Crippen LogP contribution < -0.4 is 5.32 Å². The van der Waals surface area contributed by atoms with E-state index in [2.05, 4.69) is 22.4 Å². The molecule has 0 aliphatic carbocycles. The van der Waals surface area contributed by atoms with E-state index in [0.717, 1.165) is 22.8 Å². The highest BCUT2D eigenvalue weighted by molar-refractivity contribution is 7.98. The fraction of sp³-hybridized carbons (Fsp3) is 0.120. The van der Waals surface area contributed by atoms with Gasteiger partial charge < -0.3 is 9.88 Å². The van der Waals surface area contributed by atoms with Gasteiger partial charge in [-0.25, -0.2) is 4.98 Å². The van der Waals surface area contributed by atoms with Crippen molar-refractivity contribution in [3.63, 3.8) is 0 Å². The molecule has 30 heavy (non-hydrogen) atoms. The number of nitrogens with zero attached hydrogens (tertiary/aromatic N) is 2. The van der Waals surface area contributed by atoms with Crippen molar-refractivity contribution in [2.24, 2.45) is 0 Å². The molecule has 1 amide bonds. The van der Waals surface area contributed by atoms with Gasteiger partial charge in [0.2, 0.25) is 0 Å². The quantitative estimate of drug-likeness (QED) is 0.413. The maximum atomic E-state index is 12.5. The highest BCUT2D eigenvalue weighted by Gasteiger charge is 2.06. The number of amides is 1. The Morgan fingerprint density at radius 1 is 0.933 bits per heavy atom. The molecule has 0 fully saturated rings. The Balaban J connectivity index is 1.30. The standard InChI is InChI=1S/C25H23N3OS/c1-19-26-15-16-28(19)23-13-9-20(10-14-23)17-27-25(29)22-11-7-21(8-12-22)18-30-24-5-3-2-4-6-24/h2-16H,17-18H2,1H3,(H,27,29). The Hall–Kier alpha value is -3.31. The van der Waals surface area contributed by atoms with Crippen LogP contribution in [0.3, 0.4) is 0 Å². The summed E-state index contributed by atoms with van der Waals surface area (Å²) in [5.74, 6) is 1.77. The maximum absolute atomic E-state index is 12.5. The topological polar surface area (TPSA) is 46.9 Å². The molecular formula is C25H23N3OS. The van der Waals surface area contributed by atoms with E-state index in [0.29, 0.717) is 12.1 Å². The van der Waals surface area contributed by atoms with Gasteiger partial charge in [0.1, 0.15) is 5.82 Å². The van der Waals surface area contributed by atoms with Crippen molar-refractivity contribution >= 4 is 17.7 Å². The number of imidazole rings is 1. The molecule has 0 saturated carbocycles. The predicted molar refractivity (Wildman–Crippen MR) is 122 cm³/mol. The lowest BCUT2D eigenvalue weighted by atomic mass is 10.1. The smallest absolute Gasteiger partial charge is 0.251 e. The van der Waals surface area contributed by atoms with E-state index in [1.165, 1.54) is 10.5 Å². The van der Waals surface area contributed by atoms with Crippen LogP contribution in [0.5, 0.6) is 0 Å². The van der Waals surface area contributed by atoms with Crippen LogP contribution >= 0.6 is 11.8 Å². The Bertz CT molecular complexity index is 1100. The monoisotopic (exact) mass is 413 g/mol. The highest BCUT2D eigenvalue weighted by Crippen LogP contribution is 2.22. The second kappa shape index (κ2) is 9.46. The van der Waals surface area contributed by atoms with Crippen molar-refractivity contribution in [1.82, 2.24) is 14.9 Å². The largest absolute Gasteiger partial charge is 0.348 e. The van der Waals surface area contributed by atoms with Crippen molar-refractivity contribution in [3.8, 4) is 5.69 Å². The van der Waals surface area contributed by atoms with E-state index in [-0.39, 0.29) is 5.91 Å². The number of hydrogen-bond acceptors (Lipinski definition) is 3. The molecule has 3 aromatic carbocycles. The minimum Gasteiger partial charge on any atom is -0.348 e. The van der Waals surface area contributed by atoms with Crippen LogP contribution in [-0.2, 0) is 12.3 Å². The minimum absolute atomic E-state index is 0.0632. The molecule has 0 aliphatic rings. The van der Waals surface area contributed by atoms with Gasteiger partial charge in [0.15, 0.2) is 0 Å². The van der Waals surface area contributed by atoms with E-state index in [9.17, 15) is 4.79 Å². The van der Waals surface area contributed by atoms with Crippen LogP contribution in [0.15, 0.2) is 96.2 Å². The van der Waals surface area contributed by atoms with Crippen molar-refractivity contribution < 1.29 is 4.79 Å². The second-order valence-electron chi connectivity index (χ2n) is 6.99. The molecule has 0 saturated heterocycles. The van der Waals surface area contributed by atoms with Crippen LogP contribution in [0.1, 0.15) is 27.3 Å². The molecule has 0 aliphatic heterocycles. The number of thioether (sulfide) groups is 1. The zero-order valence-corrected chi connectivity index (χ0v) is 17.6. The number of nitrogens with one attached hydrogen (secondary N) is 1. The molecule has 0 unspecified atom stereocenters. The number of carbonyl (C=O) groups is 1. The number of aryl methyl sites for hydroxylation is 1. The van der Waals surface area contributed by atoms with Gasteiger partial charge in [-0.3, -0.25) is 4.79 Å². The fourth-order valence-corrected chi connectivity index (χ4v) is 4.02.